The number of carboxylic acids is 1. The van der Waals surface area contributed by atoms with Crippen LogP contribution in [0.1, 0.15) is 5.56 Å². The minimum absolute atomic E-state index is 0.0174. The van der Waals surface area contributed by atoms with Gasteiger partial charge in [-0.05, 0) is 11.6 Å². The van der Waals surface area contributed by atoms with Gasteiger partial charge in [0.15, 0.2) is 0 Å². The quantitative estimate of drug-likeness (QED) is 0.361. The smallest absolute Gasteiger partial charge is 0.307 e. The fourth-order valence-corrected chi connectivity index (χ4v) is 3.37. The molecule has 3 nitrogen and oxygen atoms in total. The number of hydrogen-bond donors (Lipinski definition) is 1. The topological polar surface area (TPSA) is 50.2 Å². The molecule has 0 amide bonds. The molecular weight excluding hydrogens is 415 g/mol. The van der Waals surface area contributed by atoms with Crippen molar-refractivity contribution in [3.8, 4) is 11.1 Å². The standard InChI is InChI=1S/C13H5Cl6NO2/c14-6-1-4(2-7(21)22)5(3-20-6)8-9(15)11(17)13(19)12(18)10(8)16/h1,3H,2H2,(H,21,22). The number of benzene rings is 1. The SMILES string of the molecule is O=C(O)Cc1cc(Cl)ncc1-c1c(Cl)c(Cl)c(Cl)c(Cl)c1Cl. The molecule has 116 valence electrons. The van der Waals surface area contributed by atoms with Crippen molar-refractivity contribution in [1.82, 2.24) is 4.98 Å². The van der Waals surface area contributed by atoms with Crippen molar-refractivity contribution in [2.45, 2.75) is 6.42 Å². The lowest BCUT2D eigenvalue weighted by molar-refractivity contribution is -0.136. The van der Waals surface area contributed by atoms with E-state index in [4.69, 9.17) is 74.7 Å². The number of nitrogens with zero attached hydrogens (tertiary/aromatic N) is 1. The Morgan fingerprint density at radius 3 is 1.95 bits per heavy atom. The van der Waals surface area contributed by atoms with E-state index in [9.17, 15) is 4.79 Å². The lowest BCUT2D eigenvalue weighted by Gasteiger charge is -2.15. The average Bonchev–Trinajstić information content (AvgIpc) is 2.45. The molecule has 0 fully saturated rings. The predicted octanol–water partition coefficient (Wildman–Crippen LogP) is 6.30. The van der Waals surface area contributed by atoms with E-state index in [2.05, 4.69) is 4.98 Å². The largest absolute Gasteiger partial charge is 0.481 e. The predicted molar refractivity (Wildman–Crippen MR) is 91.1 cm³/mol. The maximum absolute atomic E-state index is 11.0. The first-order valence-corrected chi connectivity index (χ1v) is 7.88. The first-order chi connectivity index (χ1) is 10.2. The van der Waals surface area contributed by atoms with Crippen LogP contribution in [-0.4, -0.2) is 16.1 Å². The molecule has 9 heteroatoms. The second-order valence-corrected chi connectivity index (χ2v) is 6.46. The molecule has 0 aliphatic carbocycles. The fourth-order valence-electron chi connectivity index (χ4n) is 1.84. The van der Waals surface area contributed by atoms with Crippen LogP contribution in [0.3, 0.4) is 0 Å². The van der Waals surface area contributed by atoms with Crippen molar-refractivity contribution in [3.63, 3.8) is 0 Å². The Morgan fingerprint density at radius 1 is 0.955 bits per heavy atom. The Hall–Kier alpha value is -0.420. The van der Waals surface area contributed by atoms with E-state index < -0.39 is 5.97 Å². The average molecular weight is 420 g/mol. The zero-order chi connectivity index (χ0) is 16.6. The van der Waals surface area contributed by atoms with Crippen molar-refractivity contribution < 1.29 is 9.90 Å². The number of carbonyl (C=O) groups is 1. The minimum Gasteiger partial charge on any atom is -0.481 e. The first kappa shape index (κ1) is 17.9. The summed E-state index contributed by atoms with van der Waals surface area (Å²) in [5.74, 6) is -1.05. The second kappa shape index (κ2) is 7.00. The summed E-state index contributed by atoms with van der Waals surface area (Å²) in [6.07, 6.45) is 1.05. The van der Waals surface area contributed by atoms with Crippen molar-refractivity contribution in [3.05, 3.63) is 48.1 Å². The molecule has 0 spiro atoms. The maximum Gasteiger partial charge on any atom is 0.307 e. The summed E-state index contributed by atoms with van der Waals surface area (Å²) in [7, 11) is 0. The number of pyridine rings is 1. The summed E-state index contributed by atoms with van der Waals surface area (Å²) in [5, 5.41) is 9.31. The Kier molecular flexibility index (Phi) is 5.70. The molecule has 0 aliphatic heterocycles. The third kappa shape index (κ3) is 3.40. The van der Waals surface area contributed by atoms with Gasteiger partial charge in [-0.25, -0.2) is 4.98 Å². The number of aromatic nitrogens is 1. The van der Waals surface area contributed by atoms with E-state index in [1.807, 2.05) is 0 Å². The third-order valence-corrected chi connectivity index (χ3v) is 5.26. The number of aliphatic carboxylic acids is 1. The van der Waals surface area contributed by atoms with Crippen molar-refractivity contribution in [2.24, 2.45) is 0 Å². The zero-order valence-corrected chi connectivity index (χ0v) is 15.0. The van der Waals surface area contributed by atoms with E-state index in [0.29, 0.717) is 11.1 Å². The number of rotatable bonds is 3. The summed E-state index contributed by atoms with van der Waals surface area (Å²) in [6.45, 7) is 0. The molecule has 1 aromatic carbocycles. The second-order valence-electron chi connectivity index (χ2n) is 4.18. The summed E-state index contributed by atoms with van der Waals surface area (Å²) in [5.41, 5.74) is 0.983. The number of halogens is 6. The van der Waals surface area contributed by atoms with Crippen molar-refractivity contribution in [1.29, 1.82) is 0 Å². The highest BCUT2D eigenvalue weighted by molar-refractivity contribution is 6.56. The van der Waals surface area contributed by atoms with Crippen LogP contribution in [0.25, 0.3) is 11.1 Å². The Balaban J connectivity index is 2.80. The van der Waals surface area contributed by atoms with Gasteiger partial charge < -0.3 is 5.11 Å². The highest BCUT2D eigenvalue weighted by Gasteiger charge is 2.23. The molecular formula is C13H5Cl6NO2. The van der Waals surface area contributed by atoms with Gasteiger partial charge in [0.1, 0.15) is 5.15 Å². The molecule has 1 N–H and O–H groups in total. The highest BCUT2D eigenvalue weighted by Crippen LogP contribution is 2.48. The molecule has 0 unspecified atom stereocenters. The van der Waals surface area contributed by atoms with E-state index in [-0.39, 0.29) is 42.3 Å². The normalized spacial score (nSPS) is 10.8. The minimum atomic E-state index is -1.05. The van der Waals surface area contributed by atoms with Crippen LogP contribution in [0, 0.1) is 0 Å². The van der Waals surface area contributed by atoms with Gasteiger partial charge in [-0.2, -0.15) is 0 Å². The van der Waals surface area contributed by atoms with Crippen LogP contribution in [0.2, 0.25) is 30.3 Å². The van der Waals surface area contributed by atoms with Gasteiger partial charge in [0.2, 0.25) is 0 Å². The van der Waals surface area contributed by atoms with Gasteiger partial charge in [-0.1, -0.05) is 69.6 Å². The van der Waals surface area contributed by atoms with E-state index in [1.54, 1.807) is 0 Å². The van der Waals surface area contributed by atoms with Gasteiger partial charge in [0.25, 0.3) is 0 Å². The number of carboxylic acid groups (broad SMARTS) is 1. The monoisotopic (exact) mass is 417 g/mol. The van der Waals surface area contributed by atoms with E-state index in [0.717, 1.165) is 0 Å². The molecule has 0 saturated carbocycles. The third-order valence-electron chi connectivity index (χ3n) is 2.78. The van der Waals surface area contributed by atoms with Crippen LogP contribution in [0.4, 0.5) is 0 Å². The molecule has 0 saturated heterocycles. The van der Waals surface area contributed by atoms with Crippen molar-refractivity contribution >= 4 is 75.6 Å². The number of hydrogen-bond acceptors (Lipinski definition) is 2. The molecule has 0 bridgehead atoms. The highest BCUT2D eigenvalue weighted by atomic mass is 35.5. The Bertz CT molecular complexity index is 749. The zero-order valence-electron chi connectivity index (χ0n) is 10.4. The summed E-state index contributed by atoms with van der Waals surface area (Å²) in [4.78, 5) is 14.9. The van der Waals surface area contributed by atoms with Crippen LogP contribution in [-0.2, 0) is 11.2 Å². The van der Waals surface area contributed by atoms with Gasteiger partial charge in [0, 0.05) is 17.3 Å². The van der Waals surface area contributed by atoms with E-state index in [1.165, 1.54) is 12.3 Å². The fraction of sp³-hybridized carbons (Fsp3) is 0.0769. The van der Waals surface area contributed by atoms with Crippen molar-refractivity contribution in [2.75, 3.05) is 0 Å². The molecule has 22 heavy (non-hydrogen) atoms. The lowest BCUT2D eigenvalue weighted by atomic mass is 9.99. The molecule has 0 atom stereocenters. The molecule has 2 aromatic rings. The van der Waals surface area contributed by atoms with Crippen LogP contribution < -0.4 is 0 Å². The molecule has 0 radical (unpaired) electrons. The first-order valence-electron chi connectivity index (χ1n) is 5.62. The molecule has 1 aromatic heterocycles. The summed E-state index contributed by atoms with van der Waals surface area (Å²) >= 11 is 36.2. The molecule has 2 rings (SSSR count). The molecule has 1 heterocycles. The maximum atomic E-state index is 11.0. The van der Waals surface area contributed by atoms with Gasteiger partial charge >= 0.3 is 5.97 Å². The summed E-state index contributed by atoms with van der Waals surface area (Å²) < 4.78 is 0. The summed E-state index contributed by atoms with van der Waals surface area (Å²) in [6, 6.07) is 1.41. The molecule has 0 aliphatic rings. The van der Waals surface area contributed by atoms with Crippen LogP contribution >= 0.6 is 69.6 Å². The van der Waals surface area contributed by atoms with Gasteiger partial charge in [-0.15, -0.1) is 0 Å². The Labute approximate surface area is 155 Å². The van der Waals surface area contributed by atoms with E-state index >= 15 is 0 Å². The Morgan fingerprint density at radius 2 is 1.45 bits per heavy atom. The lowest BCUT2D eigenvalue weighted by Crippen LogP contribution is -2.03. The van der Waals surface area contributed by atoms with Gasteiger partial charge in [-0.3, -0.25) is 4.79 Å². The van der Waals surface area contributed by atoms with Gasteiger partial charge in [0.05, 0.1) is 31.5 Å². The van der Waals surface area contributed by atoms with Crippen LogP contribution in [0.5, 0.6) is 0 Å². The van der Waals surface area contributed by atoms with Crippen LogP contribution in [0.15, 0.2) is 12.3 Å².